The third-order valence-electron chi connectivity index (χ3n) is 3.85. The Morgan fingerprint density at radius 3 is 2.65 bits per heavy atom. The van der Waals surface area contributed by atoms with Gasteiger partial charge < -0.3 is 14.7 Å². The fourth-order valence-corrected chi connectivity index (χ4v) is 3.47. The van der Waals surface area contributed by atoms with Crippen LogP contribution in [0, 0.1) is 0 Å². The van der Waals surface area contributed by atoms with Crippen molar-refractivity contribution in [3.05, 3.63) is 71.3 Å². The minimum Gasteiger partial charge on any atom is -0.497 e. The number of allylic oxidation sites excluding steroid dienone is 3. The lowest BCUT2D eigenvalue weighted by Gasteiger charge is -2.13. The van der Waals surface area contributed by atoms with Crippen molar-refractivity contribution in [2.45, 2.75) is 4.90 Å². The number of hydrogen-bond donors (Lipinski definition) is 1. The molecule has 1 N–H and O–H groups in total. The summed E-state index contributed by atoms with van der Waals surface area (Å²) in [6, 6.07) is 12.5. The molecule has 26 heavy (non-hydrogen) atoms. The number of benzene rings is 2. The Hall–Kier alpha value is -2.99. The van der Waals surface area contributed by atoms with Crippen LogP contribution in [-0.2, 0) is 0 Å². The molecule has 0 spiro atoms. The van der Waals surface area contributed by atoms with Gasteiger partial charge >= 0.3 is 5.97 Å². The molecule has 5 nitrogen and oxygen atoms in total. The van der Waals surface area contributed by atoms with Crippen molar-refractivity contribution in [3.8, 4) is 5.75 Å². The Morgan fingerprint density at radius 1 is 1.19 bits per heavy atom. The van der Waals surface area contributed by atoms with E-state index in [1.807, 2.05) is 37.4 Å². The average molecular weight is 366 g/mol. The molecule has 0 saturated carbocycles. The lowest BCUT2D eigenvalue weighted by Crippen LogP contribution is -2.09. The fraction of sp³-hybridized carbons (Fsp3) is 0.100. The Labute approximate surface area is 156 Å². The number of carboxylic acid groups (broad SMARTS) is 1. The zero-order valence-electron chi connectivity index (χ0n) is 14.4. The molecule has 0 saturated heterocycles. The van der Waals surface area contributed by atoms with Crippen molar-refractivity contribution in [1.82, 2.24) is 0 Å². The zero-order valence-corrected chi connectivity index (χ0v) is 15.2. The predicted molar refractivity (Wildman–Crippen MR) is 106 cm³/mol. The summed E-state index contributed by atoms with van der Waals surface area (Å²) in [6.07, 6.45) is 7.48. The van der Waals surface area contributed by atoms with Crippen LogP contribution in [0.15, 0.2) is 75.6 Å². The maximum absolute atomic E-state index is 10.8. The van der Waals surface area contributed by atoms with Gasteiger partial charge in [-0.15, -0.1) is 0 Å². The molecule has 0 aromatic heterocycles. The number of thioether (sulfide) groups is 1. The van der Waals surface area contributed by atoms with Gasteiger partial charge in [0.2, 0.25) is 0 Å². The molecular weight excluding hydrogens is 348 g/mol. The molecule has 3 rings (SSSR count). The van der Waals surface area contributed by atoms with Crippen molar-refractivity contribution in [3.63, 3.8) is 0 Å². The maximum atomic E-state index is 10.8. The van der Waals surface area contributed by atoms with E-state index in [1.165, 1.54) is 17.0 Å². The topological polar surface area (TPSA) is 62.1 Å². The summed E-state index contributed by atoms with van der Waals surface area (Å²) >= 11 is 1.70. The van der Waals surface area contributed by atoms with Gasteiger partial charge in [-0.3, -0.25) is 4.99 Å². The van der Waals surface area contributed by atoms with E-state index in [2.05, 4.69) is 16.0 Å². The Morgan fingerprint density at radius 2 is 1.96 bits per heavy atom. The molecular formula is C20H18N2O3S. The standard InChI is InChI=1S/C20H18N2O3S/c1-22-17-13-16(25-2)10-11-18(17)26-19(22)5-3-4-12-21-15-8-6-14(7-9-15)20(23)24/h3-13H,1-2H3,(H,23,24)/b4-3+,19-5+,21-12?. The average Bonchev–Trinajstić information content (AvgIpc) is 2.97. The summed E-state index contributed by atoms with van der Waals surface area (Å²) < 4.78 is 5.28. The van der Waals surface area contributed by atoms with Gasteiger partial charge in [0, 0.05) is 24.2 Å². The van der Waals surface area contributed by atoms with Gasteiger partial charge in [-0.1, -0.05) is 17.8 Å². The summed E-state index contributed by atoms with van der Waals surface area (Å²) in [7, 11) is 3.69. The van der Waals surface area contributed by atoms with Crippen LogP contribution >= 0.6 is 11.8 Å². The number of methoxy groups -OCH3 is 1. The first-order valence-electron chi connectivity index (χ1n) is 7.92. The summed E-state index contributed by atoms with van der Waals surface area (Å²) in [6.45, 7) is 0. The van der Waals surface area contributed by atoms with E-state index in [1.54, 1.807) is 37.2 Å². The maximum Gasteiger partial charge on any atom is 0.335 e. The van der Waals surface area contributed by atoms with Crippen molar-refractivity contribution in [2.24, 2.45) is 4.99 Å². The first-order valence-corrected chi connectivity index (χ1v) is 8.74. The van der Waals surface area contributed by atoms with Crippen molar-refractivity contribution < 1.29 is 14.6 Å². The number of aromatic carboxylic acids is 1. The molecule has 0 unspecified atom stereocenters. The number of nitrogens with zero attached hydrogens (tertiary/aromatic N) is 2. The second-order valence-electron chi connectivity index (χ2n) is 5.51. The van der Waals surface area contributed by atoms with Crippen LogP contribution in [0.4, 0.5) is 11.4 Å². The Balaban J connectivity index is 1.63. The molecule has 132 valence electrons. The number of carbonyl (C=O) groups is 1. The number of anilines is 1. The van der Waals surface area contributed by atoms with Crippen LogP contribution in [-0.4, -0.2) is 31.4 Å². The normalized spacial score (nSPS) is 15.2. The van der Waals surface area contributed by atoms with Crippen molar-refractivity contribution in [1.29, 1.82) is 0 Å². The molecule has 1 heterocycles. The van der Waals surface area contributed by atoms with E-state index in [-0.39, 0.29) is 5.56 Å². The summed E-state index contributed by atoms with van der Waals surface area (Å²) in [5, 5.41) is 9.99. The Bertz CT molecular complexity index is 902. The number of aliphatic imine (C=N–C) groups is 1. The van der Waals surface area contributed by atoms with Crippen LogP contribution < -0.4 is 9.64 Å². The number of rotatable bonds is 5. The molecule has 0 radical (unpaired) electrons. The smallest absolute Gasteiger partial charge is 0.335 e. The largest absolute Gasteiger partial charge is 0.497 e. The van der Waals surface area contributed by atoms with E-state index >= 15 is 0 Å². The number of hydrogen-bond acceptors (Lipinski definition) is 5. The third kappa shape index (κ3) is 3.97. The van der Waals surface area contributed by atoms with E-state index in [9.17, 15) is 4.79 Å². The molecule has 0 aliphatic carbocycles. The highest BCUT2D eigenvalue weighted by molar-refractivity contribution is 8.03. The van der Waals surface area contributed by atoms with E-state index < -0.39 is 5.97 Å². The van der Waals surface area contributed by atoms with Gasteiger partial charge in [-0.05, 0) is 48.6 Å². The lowest BCUT2D eigenvalue weighted by atomic mass is 10.2. The molecule has 2 aromatic rings. The second-order valence-corrected chi connectivity index (χ2v) is 6.58. The van der Waals surface area contributed by atoms with Crippen LogP contribution in [0.1, 0.15) is 10.4 Å². The quantitative estimate of drug-likeness (QED) is 0.775. The van der Waals surface area contributed by atoms with Crippen LogP contribution in [0.25, 0.3) is 0 Å². The van der Waals surface area contributed by atoms with Gasteiger partial charge in [0.25, 0.3) is 0 Å². The number of carboxylic acids is 1. The first kappa shape index (κ1) is 17.8. The molecule has 1 aliphatic rings. The van der Waals surface area contributed by atoms with Gasteiger partial charge in [-0.2, -0.15) is 0 Å². The predicted octanol–water partition coefficient (Wildman–Crippen LogP) is 4.74. The summed E-state index contributed by atoms with van der Waals surface area (Å²) in [5.41, 5.74) is 2.09. The minimum absolute atomic E-state index is 0.252. The second kappa shape index (κ2) is 7.93. The molecule has 1 aliphatic heterocycles. The molecule has 0 bridgehead atoms. The van der Waals surface area contributed by atoms with Crippen LogP contribution in [0.2, 0.25) is 0 Å². The number of ether oxygens (including phenoxy) is 1. The van der Waals surface area contributed by atoms with Gasteiger partial charge in [0.15, 0.2) is 0 Å². The highest BCUT2D eigenvalue weighted by Crippen LogP contribution is 2.46. The Kier molecular flexibility index (Phi) is 5.43. The molecule has 0 fully saturated rings. The molecule has 2 aromatic carbocycles. The van der Waals surface area contributed by atoms with Gasteiger partial charge in [-0.25, -0.2) is 4.79 Å². The lowest BCUT2D eigenvalue weighted by molar-refractivity contribution is 0.0697. The molecule has 0 amide bonds. The van der Waals surface area contributed by atoms with E-state index in [0.29, 0.717) is 5.69 Å². The third-order valence-corrected chi connectivity index (χ3v) is 5.03. The monoisotopic (exact) mass is 366 g/mol. The van der Waals surface area contributed by atoms with Crippen LogP contribution in [0.5, 0.6) is 5.75 Å². The van der Waals surface area contributed by atoms with Crippen molar-refractivity contribution in [2.75, 3.05) is 19.1 Å². The van der Waals surface area contributed by atoms with Gasteiger partial charge in [0.05, 0.1) is 29.1 Å². The van der Waals surface area contributed by atoms with Crippen molar-refractivity contribution >= 4 is 35.3 Å². The summed E-state index contributed by atoms with van der Waals surface area (Å²) in [4.78, 5) is 18.4. The van der Waals surface area contributed by atoms with E-state index in [0.717, 1.165) is 16.5 Å². The molecule has 6 heteroatoms. The fourth-order valence-electron chi connectivity index (χ4n) is 2.42. The summed E-state index contributed by atoms with van der Waals surface area (Å²) in [5.74, 6) is -0.0992. The first-order chi connectivity index (χ1) is 12.6. The highest BCUT2D eigenvalue weighted by atomic mass is 32.2. The zero-order chi connectivity index (χ0) is 18.5. The highest BCUT2D eigenvalue weighted by Gasteiger charge is 2.21. The molecule has 0 atom stereocenters. The number of fused-ring (bicyclic) bond motifs is 1. The minimum atomic E-state index is -0.941. The van der Waals surface area contributed by atoms with E-state index in [4.69, 9.17) is 9.84 Å². The van der Waals surface area contributed by atoms with Gasteiger partial charge in [0.1, 0.15) is 5.75 Å². The van der Waals surface area contributed by atoms with Crippen LogP contribution in [0.3, 0.4) is 0 Å². The SMILES string of the molecule is COc1ccc2c(c1)N(C)/C(=C\C=C\C=Nc1ccc(C(=O)O)cc1)S2.